The number of benzene rings is 1. The van der Waals surface area contributed by atoms with Crippen LogP contribution in [0, 0.1) is 5.82 Å². The maximum atomic E-state index is 13.2. The molecule has 2 rings (SSSR count). The van der Waals surface area contributed by atoms with Crippen LogP contribution in [0.1, 0.15) is 37.6 Å². The Bertz CT molecular complexity index is 522. The highest BCUT2D eigenvalue weighted by molar-refractivity contribution is 5.19. The first-order valence-corrected chi connectivity index (χ1v) is 6.68. The monoisotopic (exact) mass is 261 g/mol. The van der Waals surface area contributed by atoms with E-state index >= 15 is 0 Å². The number of nitrogens with one attached hydrogen (secondary N) is 1. The number of aryl methyl sites for hydroxylation is 1. The highest BCUT2D eigenvalue weighted by atomic mass is 19.1. The van der Waals surface area contributed by atoms with Gasteiger partial charge in [0.1, 0.15) is 5.82 Å². The van der Waals surface area contributed by atoms with E-state index in [1.807, 2.05) is 25.5 Å². The Morgan fingerprint density at radius 3 is 3.00 bits per heavy atom. The second-order valence-electron chi connectivity index (χ2n) is 4.74. The SMILES string of the molecule is CCCn1cncc1CN[C@H](C)c1cccc(F)c1. The van der Waals surface area contributed by atoms with E-state index in [9.17, 15) is 4.39 Å². The Morgan fingerprint density at radius 2 is 2.26 bits per heavy atom. The molecule has 1 atom stereocenters. The third kappa shape index (κ3) is 3.64. The average molecular weight is 261 g/mol. The molecule has 0 bridgehead atoms. The van der Waals surface area contributed by atoms with Crippen LogP contribution in [0.5, 0.6) is 0 Å². The van der Waals surface area contributed by atoms with Gasteiger partial charge in [0.05, 0.1) is 12.0 Å². The molecule has 0 aliphatic heterocycles. The standard InChI is InChI=1S/C15H20FN3/c1-3-7-19-11-17-9-15(19)10-18-12(2)13-5-4-6-14(16)8-13/h4-6,8-9,11-12,18H,3,7,10H2,1-2H3/t12-/m1/s1. The molecular formula is C15H20FN3. The van der Waals surface area contributed by atoms with Crippen LogP contribution in [0.25, 0.3) is 0 Å². The van der Waals surface area contributed by atoms with Gasteiger partial charge in [0.15, 0.2) is 0 Å². The molecule has 2 aromatic rings. The average Bonchev–Trinajstić information content (AvgIpc) is 2.84. The normalized spacial score (nSPS) is 12.6. The van der Waals surface area contributed by atoms with Crippen molar-refractivity contribution in [2.24, 2.45) is 0 Å². The fraction of sp³-hybridized carbons (Fsp3) is 0.400. The molecule has 1 aromatic carbocycles. The molecule has 0 radical (unpaired) electrons. The van der Waals surface area contributed by atoms with E-state index in [1.165, 1.54) is 6.07 Å². The van der Waals surface area contributed by atoms with E-state index < -0.39 is 0 Å². The van der Waals surface area contributed by atoms with E-state index in [-0.39, 0.29) is 11.9 Å². The predicted octanol–water partition coefficient (Wildman–Crippen LogP) is 3.28. The summed E-state index contributed by atoms with van der Waals surface area (Å²) in [4.78, 5) is 4.17. The molecule has 0 aliphatic rings. The Kier molecular flexibility index (Phi) is 4.68. The van der Waals surface area contributed by atoms with Crippen molar-refractivity contribution in [3.63, 3.8) is 0 Å². The Balaban J connectivity index is 1.96. The molecule has 0 fully saturated rings. The number of imidazole rings is 1. The topological polar surface area (TPSA) is 29.9 Å². The van der Waals surface area contributed by atoms with E-state index in [0.717, 1.165) is 30.8 Å². The maximum Gasteiger partial charge on any atom is 0.123 e. The maximum absolute atomic E-state index is 13.2. The minimum absolute atomic E-state index is 0.112. The fourth-order valence-corrected chi connectivity index (χ4v) is 2.09. The summed E-state index contributed by atoms with van der Waals surface area (Å²) < 4.78 is 15.3. The molecular weight excluding hydrogens is 241 g/mol. The summed E-state index contributed by atoms with van der Waals surface area (Å²) in [6.07, 6.45) is 4.82. The quantitative estimate of drug-likeness (QED) is 0.864. The Morgan fingerprint density at radius 1 is 1.42 bits per heavy atom. The number of rotatable bonds is 6. The summed E-state index contributed by atoms with van der Waals surface area (Å²) in [5.41, 5.74) is 2.12. The molecule has 1 N–H and O–H groups in total. The molecule has 0 unspecified atom stereocenters. The largest absolute Gasteiger partial charge is 0.333 e. The van der Waals surface area contributed by atoms with Crippen LogP contribution in [0.4, 0.5) is 4.39 Å². The lowest BCUT2D eigenvalue weighted by Gasteiger charge is -2.15. The lowest BCUT2D eigenvalue weighted by Crippen LogP contribution is -2.20. The molecule has 3 nitrogen and oxygen atoms in total. The number of aromatic nitrogens is 2. The first kappa shape index (κ1) is 13.7. The second-order valence-corrected chi connectivity index (χ2v) is 4.74. The van der Waals surface area contributed by atoms with Gasteiger partial charge in [-0.15, -0.1) is 0 Å². The van der Waals surface area contributed by atoms with Crippen molar-refractivity contribution in [3.05, 3.63) is 53.9 Å². The van der Waals surface area contributed by atoms with Crippen molar-refractivity contribution in [3.8, 4) is 0 Å². The summed E-state index contributed by atoms with van der Waals surface area (Å²) in [5, 5.41) is 3.40. The highest BCUT2D eigenvalue weighted by Crippen LogP contribution is 2.14. The van der Waals surface area contributed by atoms with Crippen LogP contribution < -0.4 is 5.32 Å². The fourth-order valence-electron chi connectivity index (χ4n) is 2.09. The van der Waals surface area contributed by atoms with Crippen molar-refractivity contribution >= 4 is 0 Å². The first-order chi connectivity index (χ1) is 9.20. The molecule has 1 aromatic heterocycles. The molecule has 0 spiro atoms. The Labute approximate surface area is 113 Å². The highest BCUT2D eigenvalue weighted by Gasteiger charge is 2.07. The third-order valence-corrected chi connectivity index (χ3v) is 3.20. The van der Waals surface area contributed by atoms with Crippen molar-refractivity contribution in [1.82, 2.24) is 14.9 Å². The molecule has 1 heterocycles. The van der Waals surface area contributed by atoms with Gasteiger partial charge in [0.2, 0.25) is 0 Å². The minimum Gasteiger partial charge on any atom is -0.333 e. The van der Waals surface area contributed by atoms with E-state index in [0.29, 0.717) is 0 Å². The smallest absolute Gasteiger partial charge is 0.123 e. The van der Waals surface area contributed by atoms with Crippen molar-refractivity contribution < 1.29 is 4.39 Å². The van der Waals surface area contributed by atoms with Gasteiger partial charge in [-0.05, 0) is 31.0 Å². The number of nitrogens with zero attached hydrogens (tertiary/aromatic N) is 2. The minimum atomic E-state index is -0.192. The summed E-state index contributed by atoms with van der Waals surface area (Å²) in [7, 11) is 0. The van der Waals surface area contributed by atoms with Crippen LogP contribution in [0.15, 0.2) is 36.8 Å². The zero-order chi connectivity index (χ0) is 13.7. The lowest BCUT2D eigenvalue weighted by molar-refractivity contribution is 0.537. The van der Waals surface area contributed by atoms with Crippen molar-refractivity contribution in [2.75, 3.05) is 0 Å². The zero-order valence-corrected chi connectivity index (χ0v) is 11.4. The number of halogens is 1. The summed E-state index contributed by atoms with van der Waals surface area (Å²) >= 11 is 0. The number of hydrogen-bond acceptors (Lipinski definition) is 2. The molecule has 19 heavy (non-hydrogen) atoms. The predicted molar refractivity (Wildman–Crippen MR) is 74.2 cm³/mol. The molecule has 0 aliphatic carbocycles. The van der Waals surface area contributed by atoms with Gasteiger partial charge in [-0.25, -0.2) is 9.37 Å². The summed E-state index contributed by atoms with van der Waals surface area (Å²) in [5.74, 6) is -0.192. The van der Waals surface area contributed by atoms with Crippen LogP contribution in [0.2, 0.25) is 0 Å². The van der Waals surface area contributed by atoms with Gasteiger partial charge >= 0.3 is 0 Å². The molecule has 4 heteroatoms. The van der Waals surface area contributed by atoms with Gasteiger partial charge in [-0.3, -0.25) is 0 Å². The number of hydrogen-bond donors (Lipinski definition) is 1. The zero-order valence-electron chi connectivity index (χ0n) is 11.4. The molecule has 0 saturated heterocycles. The van der Waals surface area contributed by atoms with Crippen molar-refractivity contribution in [2.45, 2.75) is 39.4 Å². The van der Waals surface area contributed by atoms with Crippen LogP contribution in [-0.4, -0.2) is 9.55 Å². The second kappa shape index (κ2) is 6.48. The van der Waals surface area contributed by atoms with Crippen molar-refractivity contribution in [1.29, 1.82) is 0 Å². The van der Waals surface area contributed by atoms with Gasteiger partial charge in [-0.2, -0.15) is 0 Å². The van der Waals surface area contributed by atoms with Crippen LogP contribution in [-0.2, 0) is 13.1 Å². The van der Waals surface area contributed by atoms with Crippen LogP contribution >= 0.6 is 0 Å². The third-order valence-electron chi connectivity index (χ3n) is 3.20. The summed E-state index contributed by atoms with van der Waals surface area (Å²) in [6, 6.07) is 6.82. The van der Waals surface area contributed by atoms with Gasteiger partial charge in [0.25, 0.3) is 0 Å². The summed E-state index contributed by atoms with van der Waals surface area (Å²) in [6.45, 7) is 5.89. The van der Waals surface area contributed by atoms with E-state index in [4.69, 9.17) is 0 Å². The Hall–Kier alpha value is -1.68. The van der Waals surface area contributed by atoms with Gasteiger partial charge in [0, 0.05) is 25.3 Å². The lowest BCUT2D eigenvalue weighted by atomic mass is 10.1. The van der Waals surface area contributed by atoms with E-state index in [1.54, 1.807) is 12.1 Å². The molecule has 0 saturated carbocycles. The van der Waals surface area contributed by atoms with E-state index in [2.05, 4.69) is 21.8 Å². The first-order valence-electron chi connectivity index (χ1n) is 6.68. The van der Waals surface area contributed by atoms with Gasteiger partial charge in [-0.1, -0.05) is 19.1 Å². The molecule has 0 amide bonds. The van der Waals surface area contributed by atoms with Crippen LogP contribution in [0.3, 0.4) is 0 Å². The molecule has 102 valence electrons. The van der Waals surface area contributed by atoms with Gasteiger partial charge < -0.3 is 9.88 Å².